The van der Waals surface area contributed by atoms with Gasteiger partial charge in [-0.1, -0.05) is 26.7 Å². The van der Waals surface area contributed by atoms with E-state index in [1.807, 2.05) is 0 Å². The molecular weight excluding hydrogens is 365 g/mol. The van der Waals surface area contributed by atoms with E-state index >= 15 is 0 Å². The summed E-state index contributed by atoms with van der Waals surface area (Å²) in [6.45, 7) is 7.52. The Balaban J connectivity index is 0.00000361. The molecule has 20 heavy (non-hydrogen) atoms. The fourth-order valence-corrected chi connectivity index (χ4v) is 2.76. The fourth-order valence-electron chi connectivity index (χ4n) is 2.76. The van der Waals surface area contributed by atoms with Crippen LogP contribution in [0.4, 0.5) is 0 Å². The number of likely N-dealkylation sites (tertiary alicyclic amines) is 1. The summed E-state index contributed by atoms with van der Waals surface area (Å²) >= 11 is 0. The maximum Gasteiger partial charge on any atom is 0.191 e. The van der Waals surface area contributed by atoms with Crippen LogP contribution in [-0.2, 0) is 0 Å². The molecule has 0 aromatic heterocycles. The lowest BCUT2D eigenvalue weighted by atomic mass is 9.94. The number of nitrogens with zero attached hydrogens (tertiary/aromatic N) is 2. The van der Waals surface area contributed by atoms with Gasteiger partial charge in [-0.3, -0.25) is 4.99 Å². The lowest BCUT2D eigenvalue weighted by Crippen LogP contribution is -2.38. The van der Waals surface area contributed by atoms with Gasteiger partial charge in [-0.2, -0.15) is 0 Å². The molecule has 0 aliphatic carbocycles. The van der Waals surface area contributed by atoms with Crippen molar-refractivity contribution >= 4 is 29.9 Å². The Kier molecular flexibility index (Phi) is 11.6. The zero-order valence-corrected chi connectivity index (χ0v) is 15.4. The molecule has 120 valence electrons. The molecule has 1 heterocycles. The molecule has 1 aliphatic heterocycles. The molecule has 1 saturated heterocycles. The van der Waals surface area contributed by atoms with Crippen molar-refractivity contribution in [2.45, 2.75) is 52.4 Å². The summed E-state index contributed by atoms with van der Waals surface area (Å²) < 4.78 is 0. The Hall–Kier alpha value is -0.0400. The van der Waals surface area contributed by atoms with E-state index < -0.39 is 0 Å². The van der Waals surface area contributed by atoms with Gasteiger partial charge in [0.1, 0.15) is 0 Å². The molecule has 0 aromatic carbocycles. The molecule has 0 saturated carbocycles. The number of nitrogens with two attached hydrogens (primary N) is 1. The van der Waals surface area contributed by atoms with Gasteiger partial charge in [-0.25, -0.2) is 0 Å². The largest absolute Gasteiger partial charge is 0.396 e. The molecule has 1 aliphatic rings. The molecule has 1 fully saturated rings. The Morgan fingerprint density at radius 1 is 1.20 bits per heavy atom. The van der Waals surface area contributed by atoms with Crippen LogP contribution in [0.25, 0.3) is 0 Å². The van der Waals surface area contributed by atoms with Gasteiger partial charge < -0.3 is 15.7 Å². The molecule has 0 bridgehead atoms. The Morgan fingerprint density at radius 2 is 1.80 bits per heavy atom. The number of hydrogen-bond acceptors (Lipinski definition) is 2. The van der Waals surface area contributed by atoms with Crippen molar-refractivity contribution in [2.24, 2.45) is 22.6 Å². The van der Waals surface area contributed by atoms with Gasteiger partial charge in [0.15, 0.2) is 5.96 Å². The topological polar surface area (TPSA) is 61.9 Å². The van der Waals surface area contributed by atoms with Crippen LogP contribution in [0.3, 0.4) is 0 Å². The minimum Gasteiger partial charge on any atom is -0.396 e. The van der Waals surface area contributed by atoms with Crippen LogP contribution in [0.15, 0.2) is 4.99 Å². The van der Waals surface area contributed by atoms with E-state index in [0.29, 0.717) is 17.8 Å². The number of rotatable bonds is 6. The maximum absolute atomic E-state index is 9.11. The van der Waals surface area contributed by atoms with Crippen LogP contribution in [-0.4, -0.2) is 42.2 Å². The van der Waals surface area contributed by atoms with Crippen LogP contribution in [0.1, 0.15) is 52.4 Å². The smallest absolute Gasteiger partial charge is 0.191 e. The Bertz CT molecular complexity index is 264. The lowest BCUT2D eigenvalue weighted by Gasteiger charge is -2.22. The van der Waals surface area contributed by atoms with E-state index in [1.54, 1.807) is 0 Å². The van der Waals surface area contributed by atoms with Crippen LogP contribution >= 0.6 is 24.0 Å². The molecule has 1 unspecified atom stereocenters. The average molecular weight is 397 g/mol. The van der Waals surface area contributed by atoms with E-state index in [1.165, 1.54) is 25.7 Å². The average Bonchev–Trinajstić information content (AvgIpc) is 2.64. The number of aliphatic hydroxyl groups is 1. The van der Waals surface area contributed by atoms with Crippen molar-refractivity contribution in [2.75, 3.05) is 26.2 Å². The third kappa shape index (κ3) is 8.29. The highest BCUT2D eigenvalue weighted by Crippen LogP contribution is 2.16. The second kappa shape index (κ2) is 11.6. The van der Waals surface area contributed by atoms with Crippen molar-refractivity contribution < 1.29 is 5.11 Å². The van der Waals surface area contributed by atoms with Crippen molar-refractivity contribution in [3.8, 4) is 0 Å². The van der Waals surface area contributed by atoms with Gasteiger partial charge in [-0.05, 0) is 37.5 Å². The highest BCUT2D eigenvalue weighted by molar-refractivity contribution is 14.0. The first-order chi connectivity index (χ1) is 9.13. The molecule has 4 nitrogen and oxygen atoms in total. The summed E-state index contributed by atoms with van der Waals surface area (Å²) in [5.41, 5.74) is 6.11. The van der Waals surface area contributed by atoms with Crippen LogP contribution in [0.2, 0.25) is 0 Å². The van der Waals surface area contributed by atoms with Gasteiger partial charge in [0.2, 0.25) is 0 Å². The third-order valence-corrected chi connectivity index (χ3v) is 3.78. The van der Waals surface area contributed by atoms with Crippen molar-refractivity contribution in [1.29, 1.82) is 0 Å². The SMILES string of the molecule is CC(C)CC(CCO)CN=C(N)N1CCCCCC1.I. The Morgan fingerprint density at radius 3 is 2.30 bits per heavy atom. The maximum atomic E-state index is 9.11. The van der Waals surface area contributed by atoms with E-state index in [0.717, 1.165) is 32.5 Å². The number of aliphatic hydroxyl groups excluding tert-OH is 1. The number of hydrogen-bond donors (Lipinski definition) is 2. The predicted molar refractivity (Wildman–Crippen MR) is 96.6 cm³/mol. The van der Waals surface area contributed by atoms with E-state index in [9.17, 15) is 0 Å². The van der Waals surface area contributed by atoms with Gasteiger partial charge in [0.05, 0.1) is 0 Å². The second-order valence-corrected chi connectivity index (χ2v) is 6.11. The van der Waals surface area contributed by atoms with E-state index in [2.05, 4.69) is 23.7 Å². The van der Waals surface area contributed by atoms with Crippen LogP contribution < -0.4 is 5.73 Å². The zero-order chi connectivity index (χ0) is 14.1. The fraction of sp³-hybridized carbons (Fsp3) is 0.933. The van der Waals surface area contributed by atoms with Gasteiger partial charge in [-0.15, -0.1) is 24.0 Å². The summed E-state index contributed by atoms with van der Waals surface area (Å²) in [7, 11) is 0. The highest BCUT2D eigenvalue weighted by Gasteiger charge is 2.13. The zero-order valence-electron chi connectivity index (χ0n) is 13.1. The Labute approximate surface area is 141 Å². The number of halogens is 1. The predicted octanol–water partition coefficient (Wildman–Crippen LogP) is 2.84. The first kappa shape index (κ1) is 20.0. The summed E-state index contributed by atoms with van der Waals surface area (Å²) in [5.74, 6) is 1.80. The number of aliphatic imine (C=N–C) groups is 1. The summed E-state index contributed by atoms with van der Waals surface area (Å²) in [4.78, 5) is 6.79. The molecule has 5 heteroatoms. The second-order valence-electron chi connectivity index (χ2n) is 6.11. The van der Waals surface area contributed by atoms with Crippen molar-refractivity contribution in [3.05, 3.63) is 0 Å². The van der Waals surface area contributed by atoms with Crippen molar-refractivity contribution in [1.82, 2.24) is 4.90 Å². The normalized spacial score (nSPS) is 18.6. The van der Waals surface area contributed by atoms with Gasteiger partial charge in [0, 0.05) is 26.2 Å². The monoisotopic (exact) mass is 397 g/mol. The molecular formula is C15H32IN3O. The summed E-state index contributed by atoms with van der Waals surface area (Å²) in [6, 6.07) is 0. The van der Waals surface area contributed by atoms with E-state index in [4.69, 9.17) is 10.8 Å². The minimum atomic E-state index is 0. The standard InChI is InChI=1S/C15H31N3O.HI/c1-13(2)11-14(7-10-19)12-17-15(16)18-8-5-3-4-6-9-18;/h13-14,19H,3-12H2,1-2H3,(H2,16,17);1H. The van der Waals surface area contributed by atoms with Gasteiger partial charge >= 0.3 is 0 Å². The number of guanidine groups is 1. The van der Waals surface area contributed by atoms with Crippen LogP contribution in [0, 0.1) is 11.8 Å². The molecule has 0 amide bonds. The minimum absolute atomic E-state index is 0. The summed E-state index contributed by atoms with van der Waals surface area (Å²) in [6.07, 6.45) is 7.01. The molecule has 1 rings (SSSR count). The molecule has 0 spiro atoms. The lowest BCUT2D eigenvalue weighted by molar-refractivity contribution is 0.245. The van der Waals surface area contributed by atoms with Crippen molar-refractivity contribution in [3.63, 3.8) is 0 Å². The third-order valence-electron chi connectivity index (χ3n) is 3.78. The van der Waals surface area contributed by atoms with E-state index in [-0.39, 0.29) is 30.6 Å². The molecule has 3 N–H and O–H groups in total. The van der Waals surface area contributed by atoms with Gasteiger partial charge in [0.25, 0.3) is 0 Å². The first-order valence-electron chi connectivity index (χ1n) is 7.79. The first-order valence-corrected chi connectivity index (χ1v) is 7.79. The van der Waals surface area contributed by atoms with Crippen LogP contribution in [0.5, 0.6) is 0 Å². The summed E-state index contributed by atoms with van der Waals surface area (Å²) in [5, 5.41) is 9.11. The molecule has 0 radical (unpaired) electrons. The highest BCUT2D eigenvalue weighted by atomic mass is 127. The molecule has 0 aromatic rings. The molecule has 1 atom stereocenters. The quantitative estimate of drug-likeness (QED) is 0.412.